The molecule has 1 atom stereocenters. The zero-order chi connectivity index (χ0) is 16.3. The van der Waals surface area contributed by atoms with E-state index in [1.165, 1.54) is 0 Å². The Morgan fingerprint density at radius 2 is 1.86 bits per heavy atom. The predicted molar refractivity (Wildman–Crippen MR) is 81.7 cm³/mol. The van der Waals surface area contributed by atoms with Crippen molar-refractivity contribution in [2.45, 2.75) is 46.5 Å². The monoisotopic (exact) mass is 305 g/mol. The van der Waals surface area contributed by atoms with Crippen LogP contribution >= 0.6 is 0 Å². The van der Waals surface area contributed by atoms with E-state index in [-0.39, 0.29) is 18.2 Å². The quantitative estimate of drug-likeness (QED) is 0.921. The number of hydrogen-bond acceptors (Lipinski definition) is 4. The van der Waals surface area contributed by atoms with Crippen LogP contribution in [0.1, 0.15) is 53.3 Å². The molecule has 6 heteroatoms. The molecule has 1 saturated heterocycles. The molecule has 0 spiro atoms. The summed E-state index contributed by atoms with van der Waals surface area (Å²) in [5.41, 5.74) is 2.68. The third-order valence-corrected chi connectivity index (χ3v) is 4.26. The predicted octanol–water partition coefficient (Wildman–Crippen LogP) is 2.12. The van der Waals surface area contributed by atoms with E-state index in [0.29, 0.717) is 30.9 Å². The number of aromatic nitrogens is 2. The number of carbonyl (C=O) groups is 2. The van der Waals surface area contributed by atoms with Crippen LogP contribution in [0.2, 0.25) is 0 Å². The topological polar surface area (TPSA) is 83.4 Å². The number of aliphatic carboxylic acids is 1. The van der Waals surface area contributed by atoms with Crippen LogP contribution in [-0.2, 0) is 4.79 Å². The molecule has 1 fully saturated rings. The highest BCUT2D eigenvalue weighted by Gasteiger charge is 2.27. The smallest absolute Gasteiger partial charge is 0.303 e. The molecule has 1 aromatic heterocycles. The first-order chi connectivity index (χ1) is 10.4. The van der Waals surface area contributed by atoms with Crippen molar-refractivity contribution in [3.05, 3.63) is 22.8 Å². The molecule has 0 radical (unpaired) electrons. The molecule has 2 rings (SSSR count). The fourth-order valence-corrected chi connectivity index (χ4v) is 2.88. The maximum Gasteiger partial charge on any atom is 0.303 e. The maximum atomic E-state index is 12.7. The molecule has 0 saturated carbocycles. The summed E-state index contributed by atoms with van der Waals surface area (Å²) in [6.07, 6.45) is 2.67. The van der Waals surface area contributed by atoms with Gasteiger partial charge in [0.25, 0.3) is 5.91 Å². The Hall–Kier alpha value is -1.98. The summed E-state index contributed by atoms with van der Waals surface area (Å²) >= 11 is 0. The summed E-state index contributed by atoms with van der Waals surface area (Å²) in [5.74, 6) is -0.610. The number of likely N-dealkylation sites (tertiary alicyclic amines) is 1. The molecule has 120 valence electrons. The molecule has 0 aliphatic carbocycles. The molecule has 1 N–H and O–H groups in total. The summed E-state index contributed by atoms with van der Waals surface area (Å²) in [5, 5.41) is 8.79. The lowest BCUT2D eigenvalue weighted by atomic mass is 9.93. The lowest BCUT2D eigenvalue weighted by Crippen LogP contribution is -2.40. The molecule has 0 bridgehead atoms. The van der Waals surface area contributed by atoms with Gasteiger partial charge in [0.05, 0.1) is 17.1 Å². The first-order valence-corrected chi connectivity index (χ1v) is 7.71. The lowest BCUT2D eigenvalue weighted by Gasteiger charge is -2.32. The SMILES string of the molecule is Cc1nc(C)c(C(=O)N2CCCC(CCC(=O)O)C2)nc1C. The van der Waals surface area contributed by atoms with Crippen LogP contribution in [0.3, 0.4) is 0 Å². The van der Waals surface area contributed by atoms with Crippen molar-refractivity contribution in [3.8, 4) is 0 Å². The number of carbonyl (C=O) groups excluding carboxylic acids is 1. The van der Waals surface area contributed by atoms with Gasteiger partial charge in [-0.15, -0.1) is 0 Å². The minimum absolute atomic E-state index is 0.0897. The van der Waals surface area contributed by atoms with Crippen LogP contribution in [0.5, 0.6) is 0 Å². The molecule has 1 aromatic rings. The first kappa shape index (κ1) is 16.4. The Kier molecular flexibility index (Phi) is 5.11. The van der Waals surface area contributed by atoms with E-state index < -0.39 is 5.97 Å². The average molecular weight is 305 g/mol. The van der Waals surface area contributed by atoms with Crippen LogP contribution in [0.4, 0.5) is 0 Å². The summed E-state index contributed by atoms with van der Waals surface area (Å²) in [6, 6.07) is 0. The zero-order valence-electron chi connectivity index (χ0n) is 13.4. The number of amides is 1. The Bertz CT molecular complexity index is 586. The van der Waals surface area contributed by atoms with Gasteiger partial charge in [0.15, 0.2) is 0 Å². The van der Waals surface area contributed by atoms with Crippen LogP contribution in [0.25, 0.3) is 0 Å². The van der Waals surface area contributed by atoms with Gasteiger partial charge in [-0.05, 0) is 46.0 Å². The summed E-state index contributed by atoms with van der Waals surface area (Å²) in [6.45, 7) is 6.85. The van der Waals surface area contributed by atoms with Crippen molar-refractivity contribution in [3.63, 3.8) is 0 Å². The van der Waals surface area contributed by atoms with Crippen molar-refractivity contribution < 1.29 is 14.7 Å². The molecule has 1 aliphatic rings. The Morgan fingerprint density at radius 3 is 2.55 bits per heavy atom. The fraction of sp³-hybridized carbons (Fsp3) is 0.625. The van der Waals surface area contributed by atoms with Gasteiger partial charge in [-0.2, -0.15) is 0 Å². The van der Waals surface area contributed by atoms with Crippen molar-refractivity contribution in [2.24, 2.45) is 5.92 Å². The minimum Gasteiger partial charge on any atom is -0.481 e. The van der Waals surface area contributed by atoms with Crippen LogP contribution in [0, 0.1) is 26.7 Å². The molecular formula is C16H23N3O3. The molecule has 0 aromatic carbocycles. The van der Waals surface area contributed by atoms with Crippen molar-refractivity contribution in [2.75, 3.05) is 13.1 Å². The van der Waals surface area contributed by atoms with Crippen LogP contribution in [-0.4, -0.2) is 44.9 Å². The Morgan fingerprint density at radius 1 is 1.18 bits per heavy atom. The van der Waals surface area contributed by atoms with Crippen molar-refractivity contribution >= 4 is 11.9 Å². The number of piperidine rings is 1. The summed E-state index contributed by atoms with van der Waals surface area (Å²) in [4.78, 5) is 33.9. The van der Waals surface area contributed by atoms with Gasteiger partial charge in [0, 0.05) is 19.5 Å². The van der Waals surface area contributed by atoms with Crippen LogP contribution < -0.4 is 0 Å². The van der Waals surface area contributed by atoms with E-state index in [9.17, 15) is 9.59 Å². The second-order valence-corrected chi connectivity index (χ2v) is 6.02. The van der Waals surface area contributed by atoms with Gasteiger partial charge in [0.1, 0.15) is 5.69 Å². The standard InChI is InChI=1S/C16H23N3O3/c1-10-11(2)18-15(12(3)17-10)16(22)19-8-4-5-13(9-19)6-7-14(20)21/h13H,4-9H2,1-3H3,(H,20,21). The number of nitrogens with zero attached hydrogens (tertiary/aromatic N) is 3. The van der Waals surface area contributed by atoms with Crippen LogP contribution in [0.15, 0.2) is 0 Å². The van der Waals surface area contributed by atoms with Gasteiger partial charge < -0.3 is 10.0 Å². The highest BCUT2D eigenvalue weighted by molar-refractivity contribution is 5.93. The second kappa shape index (κ2) is 6.85. The fourth-order valence-electron chi connectivity index (χ4n) is 2.88. The minimum atomic E-state index is -0.778. The lowest BCUT2D eigenvalue weighted by molar-refractivity contribution is -0.137. The maximum absolute atomic E-state index is 12.7. The molecule has 1 unspecified atom stereocenters. The van der Waals surface area contributed by atoms with Gasteiger partial charge >= 0.3 is 5.97 Å². The third kappa shape index (κ3) is 3.81. The Labute approximate surface area is 130 Å². The average Bonchev–Trinajstić information content (AvgIpc) is 2.48. The number of rotatable bonds is 4. The zero-order valence-corrected chi connectivity index (χ0v) is 13.4. The number of carboxylic acid groups (broad SMARTS) is 1. The highest BCUT2D eigenvalue weighted by Crippen LogP contribution is 2.22. The summed E-state index contributed by atoms with van der Waals surface area (Å²) in [7, 11) is 0. The van der Waals surface area contributed by atoms with Crippen molar-refractivity contribution in [1.82, 2.24) is 14.9 Å². The first-order valence-electron chi connectivity index (χ1n) is 7.71. The largest absolute Gasteiger partial charge is 0.481 e. The molecule has 1 aliphatic heterocycles. The normalized spacial score (nSPS) is 18.3. The van der Waals surface area contributed by atoms with Crippen molar-refractivity contribution in [1.29, 1.82) is 0 Å². The Balaban J connectivity index is 2.09. The highest BCUT2D eigenvalue weighted by atomic mass is 16.4. The molecule has 1 amide bonds. The molecular weight excluding hydrogens is 282 g/mol. The van der Waals surface area contributed by atoms with E-state index in [1.807, 2.05) is 13.8 Å². The number of carboxylic acids is 1. The molecule has 22 heavy (non-hydrogen) atoms. The van der Waals surface area contributed by atoms with E-state index in [0.717, 1.165) is 24.2 Å². The van der Waals surface area contributed by atoms with E-state index in [4.69, 9.17) is 5.11 Å². The van der Waals surface area contributed by atoms with Gasteiger partial charge in [-0.1, -0.05) is 0 Å². The van der Waals surface area contributed by atoms with Gasteiger partial charge in [-0.3, -0.25) is 14.6 Å². The molecule has 2 heterocycles. The summed E-state index contributed by atoms with van der Waals surface area (Å²) < 4.78 is 0. The van der Waals surface area contributed by atoms with E-state index in [2.05, 4.69) is 9.97 Å². The van der Waals surface area contributed by atoms with Gasteiger partial charge in [0.2, 0.25) is 0 Å². The molecule has 6 nitrogen and oxygen atoms in total. The number of hydrogen-bond donors (Lipinski definition) is 1. The van der Waals surface area contributed by atoms with E-state index in [1.54, 1.807) is 11.8 Å². The van der Waals surface area contributed by atoms with E-state index >= 15 is 0 Å². The third-order valence-electron chi connectivity index (χ3n) is 4.26. The van der Waals surface area contributed by atoms with Gasteiger partial charge in [-0.25, -0.2) is 4.98 Å². The number of aryl methyl sites for hydroxylation is 3. The second-order valence-electron chi connectivity index (χ2n) is 6.02.